The Kier molecular flexibility index (Phi) is 6.71. The van der Waals surface area contributed by atoms with Crippen molar-refractivity contribution in [3.05, 3.63) is 29.8 Å². The molecular formula is C16H22F2N2O4S. The van der Waals surface area contributed by atoms with Crippen molar-refractivity contribution in [3.8, 4) is 5.75 Å². The van der Waals surface area contributed by atoms with Crippen molar-refractivity contribution in [2.24, 2.45) is 5.92 Å². The first-order chi connectivity index (χ1) is 11.8. The maximum atomic E-state index is 12.2. The fourth-order valence-electron chi connectivity index (χ4n) is 2.77. The number of nitrogens with one attached hydrogen (secondary N) is 1. The van der Waals surface area contributed by atoms with E-state index in [2.05, 4.69) is 10.1 Å². The lowest BCUT2D eigenvalue weighted by Crippen LogP contribution is -2.45. The Morgan fingerprint density at radius 3 is 2.64 bits per heavy atom. The van der Waals surface area contributed by atoms with Gasteiger partial charge in [0.05, 0.1) is 12.2 Å². The number of sulfonamides is 1. The standard InChI is InChI=1S/C16H22F2N2O4S/c1-25(22,23)20-10-2-3-13(11-20)15(21)19-9-8-12-4-6-14(7-5-12)24-16(17)18/h4-7,13,16H,2-3,8-11H2,1H3,(H,19,21). The van der Waals surface area contributed by atoms with Crippen LogP contribution in [0.5, 0.6) is 5.75 Å². The molecule has 1 unspecified atom stereocenters. The molecule has 9 heteroatoms. The Labute approximate surface area is 146 Å². The van der Waals surface area contributed by atoms with Crippen molar-refractivity contribution in [3.63, 3.8) is 0 Å². The van der Waals surface area contributed by atoms with Gasteiger partial charge >= 0.3 is 6.61 Å². The van der Waals surface area contributed by atoms with Crippen molar-refractivity contribution in [1.82, 2.24) is 9.62 Å². The van der Waals surface area contributed by atoms with E-state index in [9.17, 15) is 22.0 Å². The summed E-state index contributed by atoms with van der Waals surface area (Å²) in [6.07, 6.45) is 3.02. The smallest absolute Gasteiger partial charge is 0.387 e. The molecule has 0 bridgehead atoms. The molecule has 0 spiro atoms. The molecule has 1 aromatic carbocycles. The third-order valence-electron chi connectivity index (χ3n) is 4.09. The van der Waals surface area contributed by atoms with Crippen LogP contribution in [-0.4, -0.2) is 51.1 Å². The topological polar surface area (TPSA) is 75.7 Å². The van der Waals surface area contributed by atoms with E-state index >= 15 is 0 Å². The summed E-state index contributed by atoms with van der Waals surface area (Å²) in [5, 5.41) is 2.81. The van der Waals surface area contributed by atoms with E-state index < -0.39 is 16.6 Å². The molecule has 140 valence electrons. The lowest BCUT2D eigenvalue weighted by molar-refractivity contribution is -0.126. The van der Waals surface area contributed by atoms with Gasteiger partial charge in [-0.25, -0.2) is 12.7 Å². The van der Waals surface area contributed by atoms with E-state index in [0.29, 0.717) is 32.4 Å². The lowest BCUT2D eigenvalue weighted by Gasteiger charge is -2.30. The molecule has 1 amide bonds. The third kappa shape index (κ3) is 6.24. The molecule has 0 aliphatic carbocycles. The van der Waals surface area contributed by atoms with E-state index in [1.807, 2.05) is 0 Å². The Morgan fingerprint density at radius 2 is 2.04 bits per heavy atom. The van der Waals surface area contributed by atoms with Crippen LogP contribution in [-0.2, 0) is 21.2 Å². The average molecular weight is 376 g/mol. The van der Waals surface area contributed by atoms with Crippen LogP contribution in [0.4, 0.5) is 8.78 Å². The summed E-state index contributed by atoms with van der Waals surface area (Å²) in [5.74, 6) is -0.415. The number of hydrogen-bond donors (Lipinski definition) is 1. The largest absolute Gasteiger partial charge is 0.435 e. The second-order valence-electron chi connectivity index (χ2n) is 6.02. The Bertz CT molecular complexity index is 680. The Morgan fingerprint density at radius 1 is 1.36 bits per heavy atom. The number of amides is 1. The minimum atomic E-state index is -3.28. The number of carbonyl (C=O) groups is 1. The minimum absolute atomic E-state index is 0.0888. The fourth-order valence-corrected chi connectivity index (χ4v) is 3.68. The van der Waals surface area contributed by atoms with Crippen LogP contribution in [0, 0.1) is 5.92 Å². The number of rotatable bonds is 7. The van der Waals surface area contributed by atoms with Crippen LogP contribution in [0.1, 0.15) is 18.4 Å². The number of alkyl halides is 2. The number of benzene rings is 1. The second-order valence-corrected chi connectivity index (χ2v) is 8.01. The van der Waals surface area contributed by atoms with Gasteiger partial charge in [0.25, 0.3) is 0 Å². The monoisotopic (exact) mass is 376 g/mol. The Balaban J connectivity index is 1.78. The molecule has 25 heavy (non-hydrogen) atoms. The highest BCUT2D eigenvalue weighted by atomic mass is 32.2. The van der Waals surface area contributed by atoms with E-state index in [4.69, 9.17) is 0 Å². The molecule has 1 aliphatic heterocycles. The minimum Gasteiger partial charge on any atom is -0.435 e. The van der Waals surface area contributed by atoms with Crippen LogP contribution in [0.3, 0.4) is 0 Å². The molecule has 0 aromatic heterocycles. The summed E-state index contributed by atoms with van der Waals surface area (Å²) in [7, 11) is -3.28. The zero-order valence-corrected chi connectivity index (χ0v) is 14.8. The summed E-state index contributed by atoms with van der Waals surface area (Å²) in [4.78, 5) is 12.2. The Hall–Kier alpha value is -1.74. The zero-order chi connectivity index (χ0) is 18.4. The predicted molar refractivity (Wildman–Crippen MR) is 88.9 cm³/mol. The molecule has 6 nitrogen and oxygen atoms in total. The van der Waals surface area contributed by atoms with E-state index in [1.54, 1.807) is 12.1 Å². The molecular weight excluding hydrogens is 354 g/mol. The normalized spacial score (nSPS) is 19.0. The van der Waals surface area contributed by atoms with Gasteiger partial charge in [0.1, 0.15) is 5.75 Å². The highest BCUT2D eigenvalue weighted by molar-refractivity contribution is 7.88. The van der Waals surface area contributed by atoms with Crippen molar-refractivity contribution in [2.45, 2.75) is 25.9 Å². The fraction of sp³-hybridized carbons (Fsp3) is 0.562. The molecule has 1 N–H and O–H groups in total. The molecule has 1 saturated heterocycles. The van der Waals surface area contributed by atoms with Crippen LogP contribution in [0.25, 0.3) is 0 Å². The van der Waals surface area contributed by atoms with Gasteiger partial charge in [-0.3, -0.25) is 4.79 Å². The van der Waals surface area contributed by atoms with Gasteiger partial charge in [-0.15, -0.1) is 0 Å². The van der Waals surface area contributed by atoms with Gasteiger partial charge in [0, 0.05) is 19.6 Å². The molecule has 1 aromatic rings. The lowest BCUT2D eigenvalue weighted by atomic mass is 9.99. The van der Waals surface area contributed by atoms with E-state index in [0.717, 1.165) is 11.8 Å². The number of carbonyl (C=O) groups excluding carboxylic acids is 1. The highest BCUT2D eigenvalue weighted by Gasteiger charge is 2.29. The molecule has 1 atom stereocenters. The van der Waals surface area contributed by atoms with Crippen LogP contribution >= 0.6 is 0 Å². The zero-order valence-electron chi connectivity index (χ0n) is 14.0. The first-order valence-electron chi connectivity index (χ1n) is 8.02. The van der Waals surface area contributed by atoms with Gasteiger partial charge in [0.15, 0.2) is 0 Å². The number of halogens is 2. The average Bonchev–Trinajstić information content (AvgIpc) is 2.55. The molecule has 1 heterocycles. The summed E-state index contributed by atoms with van der Waals surface area (Å²) in [5.41, 5.74) is 0.878. The van der Waals surface area contributed by atoms with Gasteiger partial charge < -0.3 is 10.1 Å². The molecule has 1 aliphatic rings. The number of nitrogens with zero attached hydrogens (tertiary/aromatic N) is 1. The first-order valence-corrected chi connectivity index (χ1v) is 9.87. The molecule has 1 fully saturated rings. The summed E-state index contributed by atoms with van der Waals surface area (Å²) in [6, 6.07) is 6.23. The molecule has 0 radical (unpaired) electrons. The van der Waals surface area contributed by atoms with Crippen LogP contribution in [0.2, 0.25) is 0 Å². The molecule has 2 rings (SSSR count). The van der Waals surface area contributed by atoms with Crippen LogP contribution in [0.15, 0.2) is 24.3 Å². The maximum absolute atomic E-state index is 12.2. The van der Waals surface area contributed by atoms with Gasteiger partial charge in [-0.05, 0) is 37.0 Å². The number of hydrogen-bond acceptors (Lipinski definition) is 4. The van der Waals surface area contributed by atoms with Crippen molar-refractivity contribution < 1.29 is 26.7 Å². The van der Waals surface area contributed by atoms with Crippen molar-refractivity contribution in [2.75, 3.05) is 25.9 Å². The predicted octanol–water partition coefficient (Wildman–Crippen LogP) is 1.62. The quantitative estimate of drug-likeness (QED) is 0.785. The first kappa shape index (κ1) is 19.6. The van der Waals surface area contributed by atoms with Crippen LogP contribution < -0.4 is 10.1 Å². The third-order valence-corrected chi connectivity index (χ3v) is 5.36. The molecule has 0 saturated carbocycles. The van der Waals surface area contributed by atoms with Crippen molar-refractivity contribution in [1.29, 1.82) is 0 Å². The van der Waals surface area contributed by atoms with Crippen molar-refractivity contribution >= 4 is 15.9 Å². The number of piperidine rings is 1. The summed E-state index contributed by atoms with van der Waals surface area (Å²) in [6.45, 7) is -1.80. The van der Waals surface area contributed by atoms with Gasteiger partial charge in [0.2, 0.25) is 15.9 Å². The summed E-state index contributed by atoms with van der Waals surface area (Å²) >= 11 is 0. The van der Waals surface area contributed by atoms with Gasteiger partial charge in [-0.1, -0.05) is 12.1 Å². The van der Waals surface area contributed by atoms with Gasteiger partial charge in [-0.2, -0.15) is 8.78 Å². The highest BCUT2D eigenvalue weighted by Crippen LogP contribution is 2.19. The SMILES string of the molecule is CS(=O)(=O)N1CCCC(C(=O)NCCc2ccc(OC(F)F)cc2)C1. The summed E-state index contributed by atoms with van der Waals surface area (Å²) < 4.78 is 52.9. The van der Waals surface area contributed by atoms with E-state index in [-0.39, 0.29) is 24.1 Å². The number of ether oxygens (including phenoxy) is 1. The maximum Gasteiger partial charge on any atom is 0.387 e. The van der Waals surface area contributed by atoms with E-state index in [1.165, 1.54) is 16.4 Å². The second kappa shape index (κ2) is 8.57.